The lowest BCUT2D eigenvalue weighted by molar-refractivity contribution is 0.283. The first-order valence-electron chi connectivity index (χ1n) is 7.93. The molecular weight excluding hydrogens is 393 g/mol. The number of unbranched alkanes of at least 4 members (excludes halogenated alkanes) is 2. The highest BCUT2D eigenvalue weighted by Crippen LogP contribution is 2.31. The molecule has 0 amide bonds. The number of benzene rings is 2. The number of nitrogens with one attached hydrogen (secondary N) is 1. The Morgan fingerprint density at radius 3 is 1.81 bits per heavy atom. The molecule has 0 unspecified atom stereocenters. The zero-order valence-corrected chi connectivity index (χ0v) is 14.7. The minimum atomic E-state index is -3.90. The van der Waals surface area contributed by atoms with Gasteiger partial charge in [0, 0.05) is 13.2 Å². The van der Waals surface area contributed by atoms with E-state index in [1.54, 1.807) is 0 Å². The quantitative estimate of drug-likeness (QED) is 0.304. The van der Waals surface area contributed by atoms with E-state index < -0.39 is 44.7 Å². The zero-order chi connectivity index (χ0) is 20.2. The van der Waals surface area contributed by atoms with Gasteiger partial charge < -0.3 is 5.11 Å². The van der Waals surface area contributed by atoms with Gasteiger partial charge in [-0.2, -0.15) is 0 Å². The molecule has 0 saturated carbocycles. The van der Waals surface area contributed by atoms with Crippen LogP contribution in [-0.2, 0) is 10.0 Å². The van der Waals surface area contributed by atoms with Crippen molar-refractivity contribution < 1.29 is 35.5 Å². The van der Waals surface area contributed by atoms with Gasteiger partial charge >= 0.3 is 0 Å². The van der Waals surface area contributed by atoms with E-state index in [2.05, 4.69) is 4.72 Å². The van der Waals surface area contributed by atoms with Gasteiger partial charge in [-0.25, -0.2) is 35.1 Å². The van der Waals surface area contributed by atoms with E-state index in [1.807, 2.05) is 0 Å². The number of aliphatic hydroxyl groups is 1. The highest BCUT2D eigenvalue weighted by molar-refractivity contribution is 7.89. The summed E-state index contributed by atoms with van der Waals surface area (Å²) >= 11 is 0. The molecule has 0 bridgehead atoms. The van der Waals surface area contributed by atoms with E-state index in [0.29, 0.717) is 19.3 Å². The van der Waals surface area contributed by atoms with E-state index in [-0.39, 0.29) is 23.6 Å². The van der Waals surface area contributed by atoms with E-state index in [0.717, 1.165) is 24.3 Å². The SMILES string of the molecule is O=S(=O)(NCCCCCO)c1ccc(-c2c(F)c(F)c(F)c(F)c2F)cc1. The van der Waals surface area contributed by atoms with Crippen molar-refractivity contribution in [3.63, 3.8) is 0 Å². The van der Waals surface area contributed by atoms with E-state index >= 15 is 0 Å². The van der Waals surface area contributed by atoms with Crippen molar-refractivity contribution in [1.82, 2.24) is 4.72 Å². The van der Waals surface area contributed by atoms with Crippen LogP contribution in [0.25, 0.3) is 11.1 Å². The van der Waals surface area contributed by atoms with Gasteiger partial charge in [-0.3, -0.25) is 0 Å². The summed E-state index contributed by atoms with van der Waals surface area (Å²) in [6.07, 6.45) is 1.67. The molecule has 0 atom stereocenters. The van der Waals surface area contributed by atoms with Crippen molar-refractivity contribution >= 4 is 10.0 Å². The van der Waals surface area contributed by atoms with Crippen LogP contribution in [0.5, 0.6) is 0 Å². The third-order valence-electron chi connectivity index (χ3n) is 3.79. The Hall–Kier alpha value is -2.04. The average Bonchev–Trinajstić information content (AvgIpc) is 2.65. The Labute approximate surface area is 152 Å². The van der Waals surface area contributed by atoms with Gasteiger partial charge in [0.15, 0.2) is 23.3 Å². The molecule has 2 N–H and O–H groups in total. The third kappa shape index (κ3) is 4.63. The third-order valence-corrected chi connectivity index (χ3v) is 5.27. The second-order valence-electron chi connectivity index (χ2n) is 5.65. The summed E-state index contributed by atoms with van der Waals surface area (Å²) in [5.41, 5.74) is -1.49. The molecule has 0 aliphatic carbocycles. The molecule has 0 heterocycles. The van der Waals surface area contributed by atoms with Crippen LogP contribution in [0, 0.1) is 29.1 Å². The lowest BCUT2D eigenvalue weighted by Gasteiger charge is -2.10. The molecule has 27 heavy (non-hydrogen) atoms. The van der Waals surface area contributed by atoms with E-state index in [9.17, 15) is 30.4 Å². The molecule has 2 aromatic rings. The van der Waals surface area contributed by atoms with E-state index in [4.69, 9.17) is 5.11 Å². The summed E-state index contributed by atoms with van der Waals surface area (Å²) in [6.45, 7) is 0.133. The van der Waals surface area contributed by atoms with Gasteiger partial charge in [-0.15, -0.1) is 0 Å². The van der Waals surface area contributed by atoms with Crippen molar-refractivity contribution in [2.24, 2.45) is 0 Å². The fraction of sp³-hybridized carbons (Fsp3) is 0.294. The van der Waals surface area contributed by atoms with Crippen molar-refractivity contribution in [3.05, 3.63) is 53.4 Å². The van der Waals surface area contributed by atoms with Gasteiger partial charge in [0.05, 0.1) is 10.5 Å². The minimum Gasteiger partial charge on any atom is -0.396 e. The first kappa shape index (κ1) is 21.3. The molecule has 0 saturated heterocycles. The summed E-state index contributed by atoms with van der Waals surface area (Å²) in [4.78, 5) is -0.225. The largest absolute Gasteiger partial charge is 0.396 e. The predicted molar refractivity (Wildman–Crippen MR) is 87.8 cm³/mol. The maximum Gasteiger partial charge on any atom is 0.240 e. The van der Waals surface area contributed by atoms with Gasteiger partial charge in [-0.05, 0) is 37.0 Å². The number of hydrogen-bond acceptors (Lipinski definition) is 3. The summed E-state index contributed by atoms with van der Waals surface area (Å²) in [6, 6.07) is 3.92. The molecule has 0 spiro atoms. The molecule has 0 fully saturated rings. The number of halogens is 5. The van der Waals surface area contributed by atoms with Crippen LogP contribution >= 0.6 is 0 Å². The first-order valence-corrected chi connectivity index (χ1v) is 9.41. The lowest BCUT2D eigenvalue weighted by Crippen LogP contribution is -2.24. The maximum atomic E-state index is 13.8. The van der Waals surface area contributed by atoms with Crippen LogP contribution in [0.4, 0.5) is 22.0 Å². The molecule has 0 radical (unpaired) electrons. The fourth-order valence-electron chi connectivity index (χ4n) is 2.36. The summed E-state index contributed by atoms with van der Waals surface area (Å²) in [7, 11) is -3.90. The molecule has 0 aliphatic rings. The van der Waals surface area contributed by atoms with Gasteiger partial charge in [0.1, 0.15) is 0 Å². The topological polar surface area (TPSA) is 66.4 Å². The molecular formula is C17H16F5NO3S. The Morgan fingerprint density at radius 1 is 0.778 bits per heavy atom. The minimum absolute atomic E-state index is 0.00586. The molecule has 0 aliphatic heterocycles. The standard InChI is InChI=1S/C17H16F5NO3S/c18-13-12(14(19)16(21)17(22)15(13)20)10-4-6-11(7-5-10)27(25,26)23-8-2-1-3-9-24/h4-7,23-24H,1-3,8-9H2. The van der Waals surface area contributed by atoms with E-state index in [1.165, 1.54) is 0 Å². The molecule has 10 heteroatoms. The first-order chi connectivity index (χ1) is 12.7. The van der Waals surface area contributed by atoms with Crippen molar-refractivity contribution in [2.45, 2.75) is 24.2 Å². The Morgan fingerprint density at radius 2 is 1.30 bits per heavy atom. The smallest absolute Gasteiger partial charge is 0.240 e. The predicted octanol–water partition coefficient (Wildman–Crippen LogP) is 3.49. The van der Waals surface area contributed by atoms with Crippen LogP contribution in [0.1, 0.15) is 19.3 Å². The van der Waals surface area contributed by atoms with Crippen LogP contribution < -0.4 is 4.72 Å². The van der Waals surface area contributed by atoms with Gasteiger partial charge in [0.2, 0.25) is 15.8 Å². The Bertz CT molecular complexity index is 888. The normalized spacial score (nSPS) is 11.8. The highest BCUT2D eigenvalue weighted by Gasteiger charge is 2.26. The Balaban J connectivity index is 2.26. The number of rotatable bonds is 8. The average molecular weight is 409 g/mol. The van der Waals surface area contributed by atoms with Crippen molar-refractivity contribution in [3.8, 4) is 11.1 Å². The summed E-state index contributed by atoms with van der Waals surface area (Å²) < 4.78 is 93.9. The van der Waals surface area contributed by atoms with Crippen LogP contribution in [-0.4, -0.2) is 26.7 Å². The van der Waals surface area contributed by atoms with Gasteiger partial charge in [0.25, 0.3) is 0 Å². The molecule has 2 rings (SSSR count). The van der Waals surface area contributed by atoms with Crippen molar-refractivity contribution in [2.75, 3.05) is 13.2 Å². The summed E-state index contributed by atoms with van der Waals surface area (Å²) in [5.74, 6) is -10.4. The zero-order valence-electron chi connectivity index (χ0n) is 13.9. The molecule has 148 valence electrons. The van der Waals surface area contributed by atoms with Gasteiger partial charge in [-0.1, -0.05) is 12.1 Å². The molecule has 0 aromatic heterocycles. The number of hydrogen-bond donors (Lipinski definition) is 2. The van der Waals surface area contributed by atoms with Crippen LogP contribution in [0.15, 0.2) is 29.2 Å². The summed E-state index contributed by atoms with van der Waals surface area (Å²) in [5, 5.41) is 8.65. The maximum absolute atomic E-state index is 13.8. The van der Waals surface area contributed by atoms with Crippen LogP contribution in [0.3, 0.4) is 0 Å². The van der Waals surface area contributed by atoms with Crippen molar-refractivity contribution in [1.29, 1.82) is 0 Å². The second kappa shape index (κ2) is 8.77. The second-order valence-corrected chi connectivity index (χ2v) is 7.42. The number of sulfonamides is 1. The lowest BCUT2D eigenvalue weighted by atomic mass is 10.0. The molecule has 4 nitrogen and oxygen atoms in total. The fourth-order valence-corrected chi connectivity index (χ4v) is 3.44. The van der Waals surface area contributed by atoms with Crippen LogP contribution in [0.2, 0.25) is 0 Å². The monoisotopic (exact) mass is 409 g/mol. The molecule has 2 aromatic carbocycles. The Kier molecular flexibility index (Phi) is 6.90. The highest BCUT2D eigenvalue weighted by atomic mass is 32.2. The number of aliphatic hydroxyl groups excluding tert-OH is 1.